The highest BCUT2D eigenvalue weighted by molar-refractivity contribution is 6.01. The molecule has 0 fully saturated rings. The molecule has 0 unspecified atom stereocenters. The number of nitrogens with one attached hydrogen (secondary N) is 2. The molecule has 6 heteroatoms. The van der Waals surface area contributed by atoms with E-state index in [0.717, 1.165) is 17.3 Å². The van der Waals surface area contributed by atoms with E-state index in [1.54, 1.807) is 6.07 Å². The number of hydrogen-bond acceptors (Lipinski definition) is 3. The van der Waals surface area contributed by atoms with Gasteiger partial charge in [0, 0.05) is 17.7 Å². The summed E-state index contributed by atoms with van der Waals surface area (Å²) in [5, 5.41) is 6.60. The van der Waals surface area contributed by atoms with E-state index in [1.807, 2.05) is 54.6 Å². The van der Waals surface area contributed by atoms with Crippen molar-refractivity contribution < 1.29 is 18.0 Å². The van der Waals surface area contributed by atoms with Crippen LogP contribution in [0.1, 0.15) is 41.5 Å². The van der Waals surface area contributed by atoms with Gasteiger partial charge >= 0.3 is 6.18 Å². The number of halogens is 3. The summed E-state index contributed by atoms with van der Waals surface area (Å²) in [5.41, 5.74) is 2.83. The molecular formula is C26H21F3N2O. The number of hydrogen-bond donors (Lipinski definition) is 2. The molecule has 32 heavy (non-hydrogen) atoms. The molecule has 2 atom stereocenters. The average molecular weight is 434 g/mol. The SMILES string of the molecule is O=C1C[C@H](c2ccccc2)CC2=C1[C@@H](c1ccccc1C(F)(F)F)Nc1ccccc1N2. The van der Waals surface area contributed by atoms with Crippen molar-refractivity contribution in [3.05, 3.63) is 107 Å². The van der Waals surface area contributed by atoms with E-state index >= 15 is 0 Å². The first kappa shape index (κ1) is 20.4. The smallest absolute Gasteiger partial charge is 0.372 e. The number of alkyl halides is 3. The zero-order valence-electron chi connectivity index (χ0n) is 17.1. The van der Waals surface area contributed by atoms with Crippen LogP contribution >= 0.6 is 0 Å². The third kappa shape index (κ3) is 3.66. The van der Waals surface area contributed by atoms with Crippen LogP contribution in [0.5, 0.6) is 0 Å². The fourth-order valence-corrected chi connectivity index (χ4v) is 4.69. The molecule has 1 aliphatic carbocycles. The summed E-state index contributed by atoms with van der Waals surface area (Å²) in [7, 11) is 0. The van der Waals surface area contributed by atoms with Gasteiger partial charge < -0.3 is 10.6 Å². The average Bonchev–Trinajstić information content (AvgIpc) is 2.96. The van der Waals surface area contributed by atoms with Gasteiger partial charge in [-0.3, -0.25) is 4.79 Å². The van der Waals surface area contributed by atoms with E-state index in [-0.39, 0.29) is 23.7 Å². The van der Waals surface area contributed by atoms with Crippen LogP contribution in [0.25, 0.3) is 0 Å². The first-order valence-electron chi connectivity index (χ1n) is 10.5. The zero-order valence-corrected chi connectivity index (χ0v) is 17.1. The Morgan fingerprint density at radius 3 is 2.19 bits per heavy atom. The van der Waals surface area contributed by atoms with Crippen LogP contribution in [-0.2, 0) is 11.0 Å². The van der Waals surface area contributed by atoms with Gasteiger partial charge in [0.1, 0.15) is 0 Å². The lowest BCUT2D eigenvalue weighted by Crippen LogP contribution is -2.28. The van der Waals surface area contributed by atoms with Gasteiger partial charge in [0.15, 0.2) is 5.78 Å². The van der Waals surface area contributed by atoms with Crippen LogP contribution in [0.15, 0.2) is 90.1 Å². The lowest BCUT2D eigenvalue weighted by Gasteiger charge is -2.31. The van der Waals surface area contributed by atoms with E-state index in [2.05, 4.69) is 10.6 Å². The molecule has 3 nitrogen and oxygen atoms in total. The molecule has 0 spiro atoms. The number of carbonyl (C=O) groups excluding carboxylic acids is 1. The summed E-state index contributed by atoms with van der Waals surface area (Å²) in [6.07, 6.45) is -3.72. The highest BCUT2D eigenvalue weighted by Gasteiger charge is 2.40. The lowest BCUT2D eigenvalue weighted by atomic mass is 9.78. The van der Waals surface area contributed by atoms with Gasteiger partial charge in [0.2, 0.25) is 0 Å². The van der Waals surface area contributed by atoms with Gasteiger partial charge in [0.05, 0.1) is 23.0 Å². The summed E-state index contributed by atoms with van der Waals surface area (Å²) in [6.45, 7) is 0. The summed E-state index contributed by atoms with van der Waals surface area (Å²) in [6, 6.07) is 21.7. The Balaban J connectivity index is 1.66. The number of carbonyl (C=O) groups is 1. The number of anilines is 2. The zero-order chi connectivity index (χ0) is 22.3. The van der Waals surface area contributed by atoms with E-state index in [0.29, 0.717) is 23.4 Å². The van der Waals surface area contributed by atoms with Gasteiger partial charge in [-0.15, -0.1) is 0 Å². The van der Waals surface area contributed by atoms with Crippen molar-refractivity contribution >= 4 is 17.2 Å². The molecule has 0 radical (unpaired) electrons. The maximum absolute atomic E-state index is 13.9. The lowest BCUT2D eigenvalue weighted by molar-refractivity contribution is -0.138. The molecule has 0 aromatic heterocycles. The number of fused-ring (bicyclic) bond motifs is 1. The molecule has 2 aliphatic rings. The van der Waals surface area contributed by atoms with Crippen molar-refractivity contribution in [2.75, 3.05) is 10.6 Å². The third-order valence-corrected chi connectivity index (χ3v) is 6.16. The molecule has 0 saturated carbocycles. The highest BCUT2D eigenvalue weighted by atomic mass is 19.4. The van der Waals surface area contributed by atoms with Gasteiger partial charge in [0.25, 0.3) is 0 Å². The molecule has 1 heterocycles. The molecule has 2 N–H and O–H groups in total. The Bertz CT molecular complexity index is 1200. The summed E-state index contributed by atoms with van der Waals surface area (Å²) in [5.74, 6) is -0.173. The van der Waals surface area contributed by atoms with E-state index in [9.17, 15) is 18.0 Å². The molecule has 0 amide bonds. The second-order valence-electron chi connectivity index (χ2n) is 8.16. The topological polar surface area (TPSA) is 41.1 Å². The van der Waals surface area contributed by atoms with Gasteiger partial charge in [-0.1, -0.05) is 60.7 Å². The number of benzene rings is 3. The van der Waals surface area contributed by atoms with Gasteiger partial charge in [-0.2, -0.15) is 13.2 Å². The minimum atomic E-state index is -4.53. The molecule has 0 saturated heterocycles. The molecule has 162 valence electrons. The first-order valence-corrected chi connectivity index (χ1v) is 10.5. The predicted molar refractivity (Wildman–Crippen MR) is 118 cm³/mol. The quantitative estimate of drug-likeness (QED) is 0.472. The molecule has 0 bridgehead atoms. The van der Waals surface area contributed by atoms with Crippen molar-refractivity contribution in [2.45, 2.75) is 31.0 Å². The maximum Gasteiger partial charge on any atom is 0.416 e. The number of Topliss-reactive ketones (excluding diaryl/α,β-unsaturated/α-hetero) is 1. The standard InChI is InChI=1S/C26H21F3N2O/c27-26(28,29)19-11-5-4-10-18(19)25-24-22(30-20-12-6-7-13-21(20)31-25)14-17(15-23(24)32)16-8-2-1-3-9-16/h1-13,17,25,30-31H,14-15H2/t17-,25-/m1/s1. The summed E-state index contributed by atoms with van der Waals surface area (Å²) < 4.78 is 41.6. The van der Waals surface area contributed by atoms with Crippen LogP contribution in [0.2, 0.25) is 0 Å². The molecule has 5 rings (SSSR count). The third-order valence-electron chi connectivity index (χ3n) is 6.16. The van der Waals surface area contributed by atoms with E-state index < -0.39 is 17.8 Å². The molecule has 3 aromatic carbocycles. The normalized spacial score (nSPS) is 20.5. The van der Waals surface area contributed by atoms with E-state index in [4.69, 9.17) is 0 Å². The fraction of sp³-hybridized carbons (Fsp3) is 0.192. The van der Waals surface area contributed by atoms with Crippen LogP contribution in [-0.4, -0.2) is 5.78 Å². The second kappa shape index (κ2) is 7.86. The molecular weight excluding hydrogens is 413 g/mol. The number of allylic oxidation sites excluding steroid dienone is 1. The Labute approximate surface area is 184 Å². The first-order chi connectivity index (χ1) is 15.4. The van der Waals surface area contributed by atoms with Gasteiger partial charge in [-0.05, 0) is 41.7 Å². The Morgan fingerprint density at radius 1 is 0.781 bits per heavy atom. The minimum absolute atomic E-state index is 0.0290. The number of ketones is 1. The Kier molecular flexibility index (Phi) is 5.00. The largest absolute Gasteiger partial charge is 0.416 e. The second-order valence-corrected chi connectivity index (χ2v) is 8.16. The van der Waals surface area contributed by atoms with Crippen LogP contribution in [0.3, 0.4) is 0 Å². The molecule has 1 aliphatic heterocycles. The monoisotopic (exact) mass is 434 g/mol. The number of para-hydroxylation sites is 2. The maximum atomic E-state index is 13.9. The van der Waals surface area contributed by atoms with Crippen molar-refractivity contribution in [1.29, 1.82) is 0 Å². The van der Waals surface area contributed by atoms with Crippen LogP contribution < -0.4 is 10.6 Å². The number of rotatable bonds is 2. The Hall–Kier alpha value is -3.54. The predicted octanol–water partition coefficient (Wildman–Crippen LogP) is 6.68. The van der Waals surface area contributed by atoms with Crippen molar-refractivity contribution in [2.24, 2.45) is 0 Å². The van der Waals surface area contributed by atoms with Crippen molar-refractivity contribution in [3.63, 3.8) is 0 Å². The highest BCUT2D eigenvalue weighted by Crippen LogP contribution is 2.46. The van der Waals surface area contributed by atoms with E-state index in [1.165, 1.54) is 12.1 Å². The van der Waals surface area contributed by atoms with Gasteiger partial charge in [-0.25, -0.2) is 0 Å². The van der Waals surface area contributed by atoms with Crippen LogP contribution in [0, 0.1) is 0 Å². The van der Waals surface area contributed by atoms with Crippen LogP contribution in [0.4, 0.5) is 24.5 Å². The minimum Gasteiger partial charge on any atom is -0.372 e. The van der Waals surface area contributed by atoms with Crippen molar-refractivity contribution in [3.8, 4) is 0 Å². The molecule has 3 aromatic rings. The fourth-order valence-electron chi connectivity index (χ4n) is 4.69. The Morgan fingerprint density at radius 2 is 1.44 bits per heavy atom. The van der Waals surface area contributed by atoms with Crippen molar-refractivity contribution in [1.82, 2.24) is 0 Å². The summed E-state index contributed by atoms with van der Waals surface area (Å²) in [4.78, 5) is 13.4. The summed E-state index contributed by atoms with van der Waals surface area (Å²) >= 11 is 0.